The number of hydrogen-bond donors (Lipinski definition) is 5. The Hall–Kier alpha value is -1.97. The highest BCUT2D eigenvalue weighted by Gasteiger charge is 2.17. The topological polar surface area (TPSA) is 141 Å². The van der Waals surface area contributed by atoms with E-state index in [9.17, 15) is 19.5 Å². The molecule has 0 unspecified atom stereocenters. The third kappa shape index (κ3) is 4.53. The molecule has 6 N–H and O–H groups in total. The van der Waals surface area contributed by atoms with Crippen molar-refractivity contribution in [1.82, 2.24) is 15.3 Å². The number of H-pyrrole nitrogens is 2. The monoisotopic (exact) mass is 398 g/mol. The maximum Gasteiger partial charge on any atom is 0.320 e. The fourth-order valence-corrected chi connectivity index (χ4v) is 2.94. The van der Waals surface area contributed by atoms with E-state index in [1.165, 1.54) is 0 Å². The quantitative estimate of drug-likeness (QED) is 0.326. The zero-order valence-corrected chi connectivity index (χ0v) is 14.5. The molecule has 0 aliphatic carbocycles. The van der Waals surface area contributed by atoms with Crippen molar-refractivity contribution in [2.45, 2.75) is 31.8 Å². The van der Waals surface area contributed by atoms with Crippen molar-refractivity contribution < 1.29 is 9.90 Å². The summed E-state index contributed by atoms with van der Waals surface area (Å²) in [6.45, 7) is 0.759. The van der Waals surface area contributed by atoms with Crippen molar-refractivity contribution in [3.05, 3.63) is 42.9 Å². The molecule has 0 bridgehead atoms. The van der Waals surface area contributed by atoms with Crippen molar-refractivity contribution in [3.8, 4) is 0 Å². The van der Waals surface area contributed by atoms with Crippen LogP contribution in [-0.2, 0) is 11.3 Å². The lowest BCUT2D eigenvalue weighted by Gasteiger charge is -2.15. The SMILES string of the molecule is NCCCC[C@H](NCc1cc(Br)cc2[nH]c(=O)c(=O)[nH]c12)C(=O)O. The van der Waals surface area contributed by atoms with Crippen LogP contribution in [0.1, 0.15) is 24.8 Å². The van der Waals surface area contributed by atoms with Crippen LogP contribution in [0.2, 0.25) is 0 Å². The molecule has 1 aromatic heterocycles. The van der Waals surface area contributed by atoms with Crippen molar-refractivity contribution in [2.75, 3.05) is 6.54 Å². The van der Waals surface area contributed by atoms with E-state index in [1.54, 1.807) is 12.1 Å². The smallest absolute Gasteiger partial charge is 0.320 e. The largest absolute Gasteiger partial charge is 0.480 e. The molecule has 0 saturated heterocycles. The van der Waals surface area contributed by atoms with Gasteiger partial charge in [0.1, 0.15) is 6.04 Å². The first kappa shape index (κ1) is 18.4. The highest BCUT2D eigenvalue weighted by Crippen LogP contribution is 2.20. The molecule has 0 saturated carbocycles. The van der Waals surface area contributed by atoms with Crippen molar-refractivity contribution in [1.29, 1.82) is 0 Å². The Kier molecular flexibility index (Phi) is 6.29. The Morgan fingerprint density at radius 2 is 1.96 bits per heavy atom. The number of carbonyl (C=O) groups is 1. The van der Waals surface area contributed by atoms with E-state index >= 15 is 0 Å². The molecule has 24 heavy (non-hydrogen) atoms. The summed E-state index contributed by atoms with van der Waals surface area (Å²) in [5.41, 5.74) is 5.57. The molecule has 1 aromatic carbocycles. The van der Waals surface area contributed by atoms with E-state index in [-0.39, 0.29) is 6.54 Å². The number of nitrogens with two attached hydrogens (primary N) is 1. The van der Waals surface area contributed by atoms with Gasteiger partial charge in [-0.2, -0.15) is 0 Å². The molecule has 8 nitrogen and oxygen atoms in total. The Morgan fingerprint density at radius 3 is 2.62 bits per heavy atom. The Balaban J connectivity index is 2.25. The lowest BCUT2D eigenvalue weighted by Crippen LogP contribution is -2.36. The van der Waals surface area contributed by atoms with Crippen LogP contribution < -0.4 is 22.2 Å². The summed E-state index contributed by atoms with van der Waals surface area (Å²) in [5, 5.41) is 12.3. The number of rotatable bonds is 8. The molecule has 0 aliphatic heterocycles. The number of aromatic nitrogens is 2. The van der Waals surface area contributed by atoms with Crippen LogP contribution in [0, 0.1) is 0 Å². The van der Waals surface area contributed by atoms with Gasteiger partial charge in [-0.1, -0.05) is 22.4 Å². The second-order valence-electron chi connectivity index (χ2n) is 5.45. The molecular formula is C15H19BrN4O4. The molecule has 0 spiro atoms. The van der Waals surface area contributed by atoms with Gasteiger partial charge < -0.3 is 26.1 Å². The summed E-state index contributed by atoms with van der Waals surface area (Å²) < 4.78 is 0.713. The number of carboxylic acids is 1. The van der Waals surface area contributed by atoms with Crippen LogP contribution in [0.3, 0.4) is 0 Å². The summed E-state index contributed by atoms with van der Waals surface area (Å²) in [6, 6.07) is 2.73. The van der Waals surface area contributed by atoms with Gasteiger partial charge in [0.05, 0.1) is 11.0 Å². The van der Waals surface area contributed by atoms with Gasteiger partial charge in [0.2, 0.25) is 0 Å². The number of unbranched alkanes of at least 4 members (excludes halogenated alkanes) is 1. The van der Waals surface area contributed by atoms with Gasteiger partial charge in [0.25, 0.3) is 0 Å². The zero-order chi connectivity index (χ0) is 17.7. The molecule has 9 heteroatoms. The fraction of sp³-hybridized carbons (Fsp3) is 0.400. The molecule has 2 aromatic rings. The van der Waals surface area contributed by atoms with E-state index in [1.807, 2.05) is 0 Å². The van der Waals surface area contributed by atoms with Crippen molar-refractivity contribution in [3.63, 3.8) is 0 Å². The molecule has 130 valence electrons. The molecule has 2 rings (SSSR count). The van der Waals surface area contributed by atoms with Crippen LogP contribution in [0.15, 0.2) is 26.2 Å². The minimum Gasteiger partial charge on any atom is -0.480 e. The summed E-state index contributed by atoms with van der Waals surface area (Å²) in [6.07, 6.45) is 1.94. The number of aliphatic carboxylic acids is 1. The number of fused-ring (bicyclic) bond motifs is 1. The second kappa shape index (κ2) is 8.22. The normalized spacial score (nSPS) is 12.4. The first-order chi connectivity index (χ1) is 11.4. The van der Waals surface area contributed by atoms with Gasteiger partial charge in [-0.25, -0.2) is 0 Å². The molecule has 0 fully saturated rings. The van der Waals surface area contributed by atoms with E-state index in [4.69, 9.17) is 5.73 Å². The van der Waals surface area contributed by atoms with Crippen LogP contribution >= 0.6 is 15.9 Å². The number of nitrogens with one attached hydrogen (secondary N) is 3. The van der Waals surface area contributed by atoms with Gasteiger partial charge in [0, 0.05) is 11.0 Å². The number of halogens is 1. The Bertz CT molecular complexity index is 845. The van der Waals surface area contributed by atoms with Gasteiger partial charge in [0.15, 0.2) is 0 Å². The Morgan fingerprint density at radius 1 is 1.25 bits per heavy atom. The van der Waals surface area contributed by atoms with Crippen LogP contribution in [0.4, 0.5) is 0 Å². The van der Waals surface area contributed by atoms with Gasteiger partial charge >= 0.3 is 17.1 Å². The summed E-state index contributed by atoms with van der Waals surface area (Å²) >= 11 is 3.34. The van der Waals surface area contributed by atoms with Gasteiger partial charge in [-0.05, 0) is 37.1 Å². The van der Waals surface area contributed by atoms with Crippen LogP contribution in [0.5, 0.6) is 0 Å². The molecular weight excluding hydrogens is 380 g/mol. The third-order valence-electron chi connectivity index (χ3n) is 3.66. The maximum atomic E-state index is 11.6. The van der Waals surface area contributed by atoms with E-state index in [0.717, 1.165) is 6.42 Å². The Labute approximate surface area is 145 Å². The van der Waals surface area contributed by atoms with Crippen molar-refractivity contribution >= 4 is 32.9 Å². The number of benzene rings is 1. The summed E-state index contributed by atoms with van der Waals surface area (Å²) in [5.74, 6) is -0.937. The third-order valence-corrected chi connectivity index (χ3v) is 4.12. The first-order valence-electron chi connectivity index (χ1n) is 7.53. The second-order valence-corrected chi connectivity index (χ2v) is 6.37. The molecule has 0 aliphatic rings. The predicted molar refractivity (Wildman–Crippen MR) is 94.1 cm³/mol. The fourth-order valence-electron chi connectivity index (χ4n) is 2.44. The minimum atomic E-state index is -0.937. The van der Waals surface area contributed by atoms with E-state index < -0.39 is 23.1 Å². The van der Waals surface area contributed by atoms with Crippen LogP contribution in [0.25, 0.3) is 11.0 Å². The van der Waals surface area contributed by atoms with Gasteiger partial charge in [-0.3, -0.25) is 14.4 Å². The predicted octanol–water partition coefficient (Wildman–Crippen LogP) is 0.651. The summed E-state index contributed by atoms with van der Waals surface area (Å²) in [7, 11) is 0. The van der Waals surface area contributed by atoms with Gasteiger partial charge in [-0.15, -0.1) is 0 Å². The highest BCUT2D eigenvalue weighted by molar-refractivity contribution is 9.10. The zero-order valence-electron chi connectivity index (χ0n) is 12.9. The highest BCUT2D eigenvalue weighted by atomic mass is 79.9. The molecule has 1 heterocycles. The summed E-state index contributed by atoms with van der Waals surface area (Å²) in [4.78, 5) is 39.4. The maximum absolute atomic E-state index is 11.6. The number of aromatic amines is 2. The lowest BCUT2D eigenvalue weighted by atomic mass is 10.1. The van der Waals surface area contributed by atoms with Crippen molar-refractivity contribution in [2.24, 2.45) is 5.73 Å². The van der Waals surface area contributed by atoms with E-state index in [2.05, 4.69) is 31.2 Å². The van der Waals surface area contributed by atoms with E-state index in [0.29, 0.717) is 40.5 Å². The first-order valence-corrected chi connectivity index (χ1v) is 8.32. The average Bonchev–Trinajstić information content (AvgIpc) is 2.52. The molecule has 0 radical (unpaired) electrons. The lowest BCUT2D eigenvalue weighted by molar-refractivity contribution is -0.139. The van der Waals surface area contributed by atoms with Crippen LogP contribution in [-0.4, -0.2) is 33.6 Å². The molecule has 0 amide bonds. The average molecular weight is 399 g/mol. The number of hydrogen-bond acceptors (Lipinski definition) is 5. The molecule has 1 atom stereocenters. The minimum absolute atomic E-state index is 0.234. The standard InChI is InChI=1S/C15H19BrN4O4/c16-9-5-8(7-18-10(15(23)24)3-1-2-4-17)12-11(6-9)19-13(21)14(22)20-12/h5-6,10,18H,1-4,7,17H2,(H,19,21)(H,20,22)(H,23,24)/t10-/m0/s1. The number of carboxylic acid groups (broad SMARTS) is 1.